The average Bonchev–Trinajstić information content (AvgIpc) is 2.43. The molecule has 1 N–H and O–H groups in total. The van der Waals surface area contributed by atoms with Crippen molar-refractivity contribution in [1.29, 1.82) is 0 Å². The Balaban J connectivity index is 2.61. The molecule has 1 saturated carbocycles. The van der Waals surface area contributed by atoms with Crippen LogP contribution in [0.1, 0.15) is 64.7 Å². The highest BCUT2D eigenvalue weighted by atomic mass is 16.5. The number of ether oxygens (including phenoxy) is 1. The van der Waals surface area contributed by atoms with Crippen LogP contribution in [0.5, 0.6) is 0 Å². The number of methoxy groups -OCH3 is 1. The van der Waals surface area contributed by atoms with Crippen LogP contribution in [0, 0.1) is 12.3 Å². The smallest absolute Gasteiger partial charge is 0.0830 e. The van der Waals surface area contributed by atoms with Gasteiger partial charge in [-0.2, -0.15) is 0 Å². The Bertz CT molecular complexity index is 250. The monoisotopic (exact) mass is 251 g/mol. The van der Waals surface area contributed by atoms with Crippen molar-refractivity contribution in [2.45, 2.75) is 76.4 Å². The highest BCUT2D eigenvalue weighted by Crippen LogP contribution is 2.35. The van der Waals surface area contributed by atoms with Crippen LogP contribution in [0.4, 0.5) is 0 Å². The third-order valence-electron chi connectivity index (χ3n) is 4.20. The second kappa shape index (κ2) is 8.56. The van der Waals surface area contributed by atoms with E-state index in [1.807, 2.05) is 7.11 Å². The molecule has 0 heterocycles. The molecule has 0 spiro atoms. The maximum Gasteiger partial charge on any atom is 0.0830 e. The molecule has 1 rings (SSSR count). The van der Waals surface area contributed by atoms with Gasteiger partial charge in [-0.25, -0.2) is 0 Å². The van der Waals surface area contributed by atoms with E-state index < -0.39 is 0 Å². The van der Waals surface area contributed by atoms with Crippen molar-refractivity contribution in [2.75, 3.05) is 13.7 Å². The second-order valence-corrected chi connectivity index (χ2v) is 5.43. The molecule has 104 valence electrons. The molecule has 1 aliphatic rings. The fraction of sp³-hybridized carbons (Fsp3) is 0.875. The van der Waals surface area contributed by atoms with Crippen molar-refractivity contribution in [3.8, 4) is 12.3 Å². The Kier molecular flexibility index (Phi) is 7.39. The predicted octanol–water partition coefficient (Wildman–Crippen LogP) is 3.51. The molecule has 1 aliphatic carbocycles. The lowest BCUT2D eigenvalue weighted by molar-refractivity contribution is -0.0695. The van der Waals surface area contributed by atoms with Crippen LogP contribution in [0.15, 0.2) is 0 Å². The molecule has 0 saturated heterocycles. The van der Waals surface area contributed by atoms with Gasteiger partial charge < -0.3 is 10.1 Å². The van der Waals surface area contributed by atoms with Crippen molar-refractivity contribution in [1.82, 2.24) is 5.32 Å². The van der Waals surface area contributed by atoms with E-state index in [1.54, 1.807) is 0 Å². The zero-order chi connectivity index (χ0) is 13.3. The van der Waals surface area contributed by atoms with Gasteiger partial charge in [0.1, 0.15) is 0 Å². The van der Waals surface area contributed by atoms with Crippen LogP contribution in [0.25, 0.3) is 0 Å². The quantitative estimate of drug-likeness (QED) is 0.526. The molecule has 18 heavy (non-hydrogen) atoms. The number of unbranched alkanes of at least 4 members (excludes halogenated alkanes) is 1. The first-order valence-corrected chi connectivity index (χ1v) is 7.51. The number of hydrogen-bond donors (Lipinski definition) is 1. The van der Waals surface area contributed by atoms with Crippen LogP contribution in [-0.2, 0) is 4.74 Å². The topological polar surface area (TPSA) is 21.3 Å². The summed E-state index contributed by atoms with van der Waals surface area (Å²) in [5, 5.41) is 3.70. The van der Waals surface area contributed by atoms with E-state index in [2.05, 4.69) is 18.2 Å². The lowest BCUT2D eigenvalue weighted by Crippen LogP contribution is -2.53. The normalized spacial score (nSPS) is 20.3. The van der Waals surface area contributed by atoms with Gasteiger partial charge >= 0.3 is 0 Å². The van der Waals surface area contributed by atoms with Crippen LogP contribution in [-0.4, -0.2) is 25.3 Å². The maximum atomic E-state index is 5.95. The summed E-state index contributed by atoms with van der Waals surface area (Å²) >= 11 is 0. The van der Waals surface area contributed by atoms with E-state index in [0.29, 0.717) is 6.04 Å². The van der Waals surface area contributed by atoms with Gasteiger partial charge in [-0.3, -0.25) is 0 Å². The largest absolute Gasteiger partial charge is 0.377 e. The van der Waals surface area contributed by atoms with E-state index in [0.717, 1.165) is 25.8 Å². The fourth-order valence-corrected chi connectivity index (χ4v) is 3.12. The zero-order valence-corrected chi connectivity index (χ0v) is 12.1. The molecule has 1 fully saturated rings. The minimum atomic E-state index is 0.0576. The average molecular weight is 251 g/mol. The summed E-state index contributed by atoms with van der Waals surface area (Å²) in [5.74, 6) is 2.74. The number of hydrogen-bond acceptors (Lipinski definition) is 2. The molecule has 0 aliphatic heterocycles. The third-order valence-corrected chi connectivity index (χ3v) is 4.20. The van der Waals surface area contributed by atoms with Crippen molar-refractivity contribution in [3.05, 3.63) is 0 Å². The molecule has 2 heteroatoms. The SMILES string of the molecule is C#CCCCC(NCCC)C1(OC)CCCCC1. The van der Waals surface area contributed by atoms with Crippen LogP contribution in [0.3, 0.4) is 0 Å². The molecule has 1 unspecified atom stereocenters. The summed E-state index contributed by atoms with van der Waals surface area (Å²) in [7, 11) is 1.88. The Hall–Kier alpha value is -0.520. The van der Waals surface area contributed by atoms with E-state index in [-0.39, 0.29) is 5.60 Å². The minimum absolute atomic E-state index is 0.0576. The van der Waals surface area contributed by atoms with Crippen LogP contribution in [0.2, 0.25) is 0 Å². The van der Waals surface area contributed by atoms with Gasteiger partial charge in [-0.15, -0.1) is 12.3 Å². The van der Waals surface area contributed by atoms with Crippen molar-refractivity contribution in [3.63, 3.8) is 0 Å². The molecule has 0 amide bonds. The van der Waals surface area contributed by atoms with Crippen LogP contribution >= 0.6 is 0 Å². The Labute approximate surface area is 113 Å². The van der Waals surface area contributed by atoms with Crippen molar-refractivity contribution >= 4 is 0 Å². The van der Waals surface area contributed by atoms with E-state index in [1.165, 1.54) is 38.5 Å². The molecule has 0 aromatic heterocycles. The summed E-state index contributed by atoms with van der Waals surface area (Å²) in [6, 6.07) is 0.469. The summed E-state index contributed by atoms with van der Waals surface area (Å²) in [5.41, 5.74) is 0.0576. The van der Waals surface area contributed by atoms with Crippen molar-refractivity contribution < 1.29 is 4.74 Å². The zero-order valence-electron chi connectivity index (χ0n) is 12.1. The standard InChI is InChI=1S/C16H29NO/c1-4-6-8-11-15(17-14-5-2)16(18-3)12-9-7-10-13-16/h1,15,17H,5-14H2,2-3H3. The molecular formula is C16H29NO. The lowest BCUT2D eigenvalue weighted by atomic mass is 9.77. The fourth-order valence-electron chi connectivity index (χ4n) is 3.12. The van der Waals surface area contributed by atoms with Gasteiger partial charge in [0.25, 0.3) is 0 Å². The molecule has 0 bridgehead atoms. The number of rotatable bonds is 8. The van der Waals surface area contributed by atoms with E-state index in [9.17, 15) is 0 Å². The second-order valence-electron chi connectivity index (χ2n) is 5.43. The van der Waals surface area contributed by atoms with Gasteiger partial charge in [0.05, 0.1) is 5.60 Å². The van der Waals surface area contributed by atoms with Gasteiger partial charge in [0.15, 0.2) is 0 Å². The van der Waals surface area contributed by atoms with E-state index in [4.69, 9.17) is 11.2 Å². The summed E-state index contributed by atoms with van der Waals surface area (Å²) < 4.78 is 5.95. The minimum Gasteiger partial charge on any atom is -0.377 e. The molecule has 1 atom stereocenters. The van der Waals surface area contributed by atoms with Gasteiger partial charge in [0.2, 0.25) is 0 Å². The molecule has 0 aromatic rings. The Morgan fingerprint density at radius 1 is 1.33 bits per heavy atom. The molecule has 2 nitrogen and oxygen atoms in total. The number of terminal acetylenes is 1. The maximum absolute atomic E-state index is 5.95. The molecule has 0 aromatic carbocycles. The first kappa shape index (κ1) is 15.5. The first-order chi connectivity index (χ1) is 8.79. The van der Waals surface area contributed by atoms with Gasteiger partial charge in [-0.05, 0) is 38.6 Å². The Morgan fingerprint density at radius 3 is 2.61 bits per heavy atom. The summed E-state index contributed by atoms with van der Waals surface area (Å²) in [6.45, 7) is 3.29. The van der Waals surface area contributed by atoms with Crippen LogP contribution < -0.4 is 5.32 Å². The summed E-state index contributed by atoms with van der Waals surface area (Å²) in [4.78, 5) is 0. The van der Waals surface area contributed by atoms with E-state index >= 15 is 0 Å². The molecular weight excluding hydrogens is 222 g/mol. The molecule has 0 radical (unpaired) electrons. The summed E-state index contributed by atoms with van der Waals surface area (Å²) in [6.07, 6.45) is 16.0. The highest BCUT2D eigenvalue weighted by Gasteiger charge is 2.39. The first-order valence-electron chi connectivity index (χ1n) is 7.51. The number of nitrogens with one attached hydrogen (secondary N) is 1. The van der Waals surface area contributed by atoms with Gasteiger partial charge in [-0.1, -0.05) is 26.2 Å². The predicted molar refractivity (Wildman–Crippen MR) is 77.6 cm³/mol. The van der Waals surface area contributed by atoms with Gasteiger partial charge in [0, 0.05) is 19.6 Å². The van der Waals surface area contributed by atoms with Crippen molar-refractivity contribution in [2.24, 2.45) is 0 Å². The highest BCUT2D eigenvalue weighted by molar-refractivity contribution is 4.96. The lowest BCUT2D eigenvalue weighted by Gasteiger charge is -2.43. The Morgan fingerprint density at radius 2 is 2.06 bits per heavy atom. The third kappa shape index (κ3) is 4.30.